The van der Waals surface area contributed by atoms with Crippen LogP contribution in [0.15, 0.2) is 42.5 Å². The van der Waals surface area contributed by atoms with Crippen LogP contribution in [-0.2, 0) is 0 Å². The van der Waals surface area contributed by atoms with Gasteiger partial charge in [-0.2, -0.15) is 0 Å². The SMILES string of the molecule is Cc1cccc(C)c1-c1cccc(OCCCCCl)c1. The summed E-state index contributed by atoms with van der Waals surface area (Å²) >= 11 is 5.67. The van der Waals surface area contributed by atoms with Gasteiger partial charge in [0.05, 0.1) is 6.61 Å². The van der Waals surface area contributed by atoms with Gasteiger partial charge in [-0.05, 0) is 61.1 Å². The Balaban J connectivity index is 2.17. The number of hydrogen-bond acceptors (Lipinski definition) is 1. The van der Waals surface area contributed by atoms with Crippen LogP contribution in [0.1, 0.15) is 24.0 Å². The molecule has 0 saturated carbocycles. The molecule has 0 atom stereocenters. The van der Waals surface area contributed by atoms with Crippen LogP contribution >= 0.6 is 11.6 Å². The number of aryl methyl sites for hydroxylation is 2. The fraction of sp³-hybridized carbons (Fsp3) is 0.333. The molecule has 1 nitrogen and oxygen atoms in total. The van der Waals surface area contributed by atoms with Crippen LogP contribution in [0, 0.1) is 13.8 Å². The zero-order valence-corrected chi connectivity index (χ0v) is 12.9. The molecule has 0 N–H and O–H groups in total. The number of rotatable bonds is 6. The summed E-state index contributed by atoms with van der Waals surface area (Å²) in [6.45, 7) is 5.02. The van der Waals surface area contributed by atoms with Gasteiger partial charge in [-0.15, -0.1) is 11.6 Å². The lowest BCUT2D eigenvalue weighted by Gasteiger charge is -2.12. The molecule has 2 aromatic rings. The molecule has 20 heavy (non-hydrogen) atoms. The largest absolute Gasteiger partial charge is 0.494 e. The molecular formula is C18H21ClO. The number of alkyl halides is 1. The van der Waals surface area contributed by atoms with Crippen LogP contribution in [0.5, 0.6) is 5.75 Å². The van der Waals surface area contributed by atoms with Gasteiger partial charge in [0, 0.05) is 5.88 Å². The molecule has 0 radical (unpaired) electrons. The zero-order valence-electron chi connectivity index (χ0n) is 12.2. The van der Waals surface area contributed by atoms with Crippen LogP contribution < -0.4 is 4.74 Å². The highest BCUT2D eigenvalue weighted by molar-refractivity contribution is 6.17. The van der Waals surface area contributed by atoms with Gasteiger partial charge in [-0.1, -0.05) is 30.3 Å². The molecule has 2 heteroatoms. The van der Waals surface area contributed by atoms with Crippen molar-refractivity contribution in [2.75, 3.05) is 12.5 Å². The summed E-state index contributed by atoms with van der Waals surface area (Å²) in [7, 11) is 0. The fourth-order valence-corrected chi connectivity index (χ4v) is 2.59. The zero-order chi connectivity index (χ0) is 14.4. The van der Waals surface area contributed by atoms with E-state index in [1.165, 1.54) is 22.3 Å². The molecule has 106 valence electrons. The van der Waals surface area contributed by atoms with Gasteiger partial charge < -0.3 is 4.74 Å². The molecule has 0 amide bonds. The molecule has 0 aliphatic heterocycles. The molecule has 0 spiro atoms. The van der Waals surface area contributed by atoms with Crippen LogP contribution in [-0.4, -0.2) is 12.5 Å². The number of ether oxygens (including phenoxy) is 1. The van der Waals surface area contributed by atoms with E-state index >= 15 is 0 Å². The Morgan fingerprint density at radius 3 is 2.35 bits per heavy atom. The standard InChI is InChI=1S/C18H21ClO/c1-14-7-5-8-15(2)18(14)16-9-6-10-17(13-16)20-12-4-3-11-19/h5-10,13H,3-4,11-12H2,1-2H3. The third-order valence-electron chi connectivity index (χ3n) is 3.40. The van der Waals surface area contributed by atoms with Gasteiger partial charge in [0.25, 0.3) is 0 Å². The summed E-state index contributed by atoms with van der Waals surface area (Å²) in [5, 5.41) is 0. The summed E-state index contributed by atoms with van der Waals surface area (Å²) in [4.78, 5) is 0. The molecule has 0 fully saturated rings. The summed E-state index contributed by atoms with van der Waals surface area (Å²) in [6.07, 6.45) is 2.00. The van der Waals surface area contributed by atoms with Gasteiger partial charge in [0.1, 0.15) is 5.75 Å². The Labute approximate surface area is 126 Å². The second-order valence-electron chi connectivity index (χ2n) is 5.04. The van der Waals surface area contributed by atoms with Gasteiger partial charge in [-0.25, -0.2) is 0 Å². The van der Waals surface area contributed by atoms with Crippen molar-refractivity contribution in [3.63, 3.8) is 0 Å². The summed E-state index contributed by atoms with van der Waals surface area (Å²) in [5.74, 6) is 1.63. The molecule has 0 heterocycles. The second kappa shape index (κ2) is 7.35. The Kier molecular flexibility index (Phi) is 5.49. The van der Waals surface area contributed by atoms with E-state index in [0.717, 1.165) is 25.2 Å². The summed E-state index contributed by atoms with van der Waals surface area (Å²) < 4.78 is 5.79. The van der Waals surface area contributed by atoms with Crippen molar-refractivity contribution in [2.24, 2.45) is 0 Å². The maximum absolute atomic E-state index is 5.79. The number of halogens is 1. The van der Waals surface area contributed by atoms with Gasteiger partial charge >= 0.3 is 0 Å². The predicted octanol–water partition coefficient (Wildman–Crippen LogP) is 5.37. The van der Waals surface area contributed by atoms with E-state index in [1.807, 2.05) is 6.07 Å². The molecule has 0 aliphatic rings. The average molecular weight is 289 g/mol. The molecule has 2 aromatic carbocycles. The third-order valence-corrected chi connectivity index (χ3v) is 3.67. The summed E-state index contributed by atoms with van der Waals surface area (Å²) in [6, 6.07) is 14.7. The van der Waals surface area contributed by atoms with E-state index in [2.05, 4.69) is 50.2 Å². The maximum Gasteiger partial charge on any atom is 0.119 e. The van der Waals surface area contributed by atoms with Gasteiger partial charge in [0.15, 0.2) is 0 Å². The minimum atomic E-state index is 0.700. The molecular weight excluding hydrogens is 268 g/mol. The smallest absolute Gasteiger partial charge is 0.119 e. The van der Waals surface area contributed by atoms with Crippen molar-refractivity contribution in [1.82, 2.24) is 0 Å². The van der Waals surface area contributed by atoms with E-state index < -0.39 is 0 Å². The number of unbranched alkanes of at least 4 members (excludes halogenated alkanes) is 1. The minimum absolute atomic E-state index is 0.700. The van der Waals surface area contributed by atoms with Crippen molar-refractivity contribution >= 4 is 11.6 Å². The first-order chi connectivity index (χ1) is 9.72. The van der Waals surface area contributed by atoms with E-state index in [4.69, 9.17) is 16.3 Å². The van der Waals surface area contributed by atoms with Crippen molar-refractivity contribution in [1.29, 1.82) is 0 Å². The molecule has 0 saturated heterocycles. The fourth-order valence-electron chi connectivity index (χ4n) is 2.40. The molecule has 0 unspecified atom stereocenters. The Morgan fingerprint density at radius 2 is 1.65 bits per heavy atom. The average Bonchev–Trinajstić information content (AvgIpc) is 2.44. The van der Waals surface area contributed by atoms with Crippen molar-refractivity contribution in [3.8, 4) is 16.9 Å². The highest BCUT2D eigenvalue weighted by Crippen LogP contribution is 2.29. The van der Waals surface area contributed by atoms with Crippen molar-refractivity contribution in [3.05, 3.63) is 53.6 Å². The lowest BCUT2D eigenvalue weighted by atomic mass is 9.96. The second-order valence-corrected chi connectivity index (χ2v) is 5.42. The Morgan fingerprint density at radius 1 is 0.950 bits per heavy atom. The lowest BCUT2D eigenvalue weighted by Crippen LogP contribution is -1.98. The van der Waals surface area contributed by atoms with Crippen molar-refractivity contribution < 1.29 is 4.74 Å². The molecule has 0 aliphatic carbocycles. The number of hydrogen-bond donors (Lipinski definition) is 0. The van der Waals surface area contributed by atoms with E-state index in [9.17, 15) is 0 Å². The molecule has 0 aromatic heterocycles. The van der Waals surface area contributed by atoms with E-state index in [-0.39, 0.29) is 0 Å². The normalized spacial score (nSPS) is 10.6. The Bertz CT molecular complexity index is 543. The first-order valence-electron chi connectivity index (χ1n) is 7.08. The van der Waals surface area contributed by atoms with Crippen LogP contribution in [0.3, 0.4) is 0 Å². The Hall–Kier alpha value is -1.47. The quantitative estimate of drug-likeness (QED) is 0.513. The maximum atomic E-state index is 5.79. The topological polar surface area (TPSA) is 9.23 Å². The lowest BCUT2D eigenvalue weighted by molar-refractivity contribution is 0.310. The highest BCUT2D eigenvalue weighted by Gasteiger charge is 2.06. The minimum Gasteiger partial charge on any atom is -0.494 e. The molecule has 0 bridgehead atoms. The summed E-state index contributed by atoms with van der Waals surface area (Å²) in [5.41, 5.74) is 5.11. The number of benzene rings is 2. The van der Waals surface area contributed by atoms with Crippen LogP contribution in [0.4, 0.5) is 0 Å². The monoisotopic (exact) mass is 288 g/mol. The first-order valence-corrected chi connectivity index (χ1v) is 7.61. The van der Waals surface area contributed by atoms with E-state index in [1.54, 1.807) is 0 Å². The van der Waals surface area contributed by atoms with Crippen molar-refractivity contribution in [2.45, 2.75) is 26.7 Å². The highest BCUT2D eigenvalue weighted by atomic mass is 35.5. The third kappa shape index (κ3) is 3.77. The molecule has 2 rings (SSSR count). The van der Waals surface area contributed by atoms with Gasteiger partial charge in [-0.3, -0.25) is 0 Å². The predicted molar refractivity (Wildman–Crippen MR) is 86.8 cm³/mol. The van der Waals surface area contributed by atoms with Gasteiger partial charge in [0.2, 0.25) is 0 Å². The van der Waals surface area contributed by atoms with Crippen LogP contribution in [0.25, 0.3) is 11.1 Å². The van der Waals surface area contributed by atoms with Crippen LogP contribution in [0.2, 0.25) is 0 Å². The first kappa shape index (κ1) is 14.9. The van der Waals surface area contributed by atoms with E-state index in [0.29, 0.717) is 5.88 Å².